The summed E-state index contributed by atoms with van der Waals surface area (Å²) < 4.78 is 5.17. The van der Waals surface area contributed by atoms with Gasteiger partial charge in [-0.15, -0.1) is 0 Å². The summed E-state index contributed by atoms with van der Waals surface area (Å²) in [6.45, 7) is 2.59. The molecule has 17 heavy (non-hydrogen) atoms. The van der Waals surface area contributed by atoms with Crippen molar-refractivity contribution in [1.29, 1.82) is 0 Å². The van der Waals surface area contributed by atoms with E-state index >= 15 is 0 Å². The smallest absolute Gasteiger partial charge is 0.0642 e. The minimum absolute atomic E-state index is 0.321. The molecule has 0 fully saturated rings. The third-order valence-corrected chi connectivity index (χ3v) is 2.95. The number of benzene rings is 2. The van der Waals surface area contributed by atoms with Crippen LogP contribution in [0, 0.1) is 0 Å². The Labute approximate surface area is 102 Å². The van der Waals surface area contributed by atoms with Crippen LogP contribution in [-0.4, -0.2) is 19.3 Å². The van der Waals surface area contributed by atoms with Crippen LogP contribution in [0.1, 0.15) is 12.5 Å². The summed E-state index contributed by atoms with van der Waals surface area (Å²) in [6, 6.07) is 14.8. The average Bonchev–Trinajstić information content (AvgIpc) is 2.29. The Morgan fingerprint density at radius 1 is 1.12 bits per heavy atom. The van der Waals surface area contributed by atoms with Crippen LogP contribution in [0.4, 0.5) is 0 Å². The van der Waals surface area contributed by atoms with Gasteiger partial charge in [0.25, 0.3) is 0 Å². The van der Waals surface area contributed by atoms with E-state index in [4.69, 9.17) is 10.5 Å². The van der Waals surface area contributed by atoms with Gasteiger partial charge in [0.15, 0.2) is 0 Å². The number of methoxy groups -OCH3 is 1. The highest BCUT2D eigenvalue weighted by molar-refractivity contribution is 5.85. The van der Waals surface area contributed by atoms with Crippen molar-refractivity contribution in [2.45, 2.75) is 18.9 Å². The van der Waals surface area contributed by atoms with Crippen molar-refractivity contribution in [3.8, 4) is 0 Å². The maximum atomic E-state index is 6.23. The van der Waals surface area contributed by atoms with E-state index in [0.29, 0.717) is 6.61 Å². The maximum absolute atomic E-state index is 6.23. The second kappa shape index (κ2) is 4.86. The van der Waals surface area contributed by atoms with Crippen LogP contribution in [0.5, 0.6) is 0 Å². The number of ether oxygens (including phenoxy) is 1. The van der Waals surface area contributed by atoms with Crippen LogP contribution in [-0.2, 0) is 11.2 Å². The molecule has 0 aromatic heterocycles. The third kappa shape index (κ3) is 2.84. The molecular formula is C15H19NO. The lowest BCUT2D eigenvalue weighted by molar-refractivity contribution is 0.141. The second-order valence-corrected chi connectivity index (χ2v) is 4.90. The lowest BCUT2D eigenvalue weighted by Crippen LogP contribution is -2.43. The Bertz CT molecular complexity index is 500. The summed E-state index contributed by atoms with van der Waals surface area (Å²) in [7, 11) is 1.69. The fraction of sp³-hybridized carbons (Fsp3) is 0.333. The van der Waals surface area contributed by atoms with Gasteiger partial charge < -0.3 is 10.5 Å². The highest BCUT2D eigenvalue weighted by atomic mass is 16.5. The molecule has 0 saturated carbocycles. The van der Waals surface area contributed by atoms with Crippen molar-refractivity contribution in [3.05, 3.63) is 48.0 Å². The van der Waals surface area contributed by atoms with Crippen LogP contribution in [0.2, 0.25) is 0 Å². The molecule has 90 valence electrons. The average molecular weight is 229 g/mol. The van der Waals surface area contributed by atoms with Crippen LogP contribution in [0.15, 0.2) is 42.5 Å². The van der Waals surface area contributed by atoms with E-state index in [-0.39, 0.29) is 5.54 Å². The molecule has 0 saturated heterocycles. The van der Waals surface area contributed by atoms with Gasteiger partial charge >= 0.3 is 0 Å². The largest absolute Gasteiger partial charge is 0.383 e. The van der Waals surface area contributed by atoms with E-state index in [1.807, 2.05) is 6.92 Å². The summed E-state index contributed by atoms with van der Waals surface area (Å²) in [5.41, 5.74) is 7.19. The minimum Gasteiger partial charge on any atom is -0.383 e. The standard InChI is InChI=1S/C15H19NO/c1-15(16,11-17-2)10-13-8-5-7-12-6-3-4-9-14(12)13/h3-9H,10-11,16H2,1-2H3. The van der Waals surface area contributed by atoms with E-state index < -0.39 is 0 Å². The van der Waals surface area contributed by atoms with Gasteiger partial charge in [-0.2, -0.15) is 0 Å². The van der Waals surface area contributed by atoms with E-state index in [9.17, 15) is 0 Å². The molecule has 0 radical (unpaired) electrons. The lowest BCUT2D eigenvalue weighted by atomic mass is 9.91. The number of hydrogen-bond acceptors (Lipinski definition) is 2. The SMILES string of the molecule is COCC(C)(N)Cc1cccc2ccccc12. The van der Waals surface area contributed by atoms with Crippen molar-refractivity contribution in [3.63, 3.8) is 0 Å². The molecule has 2 nitrogen and oxygen atoms in total. The Balaban J connectivity index is 2.36. The predicted molar refractivity (Wildman–Crippen MR) is 72.1 cm³/mol. The van der Waals surface area contributed by atoms with Gasteiger partial charge in [-0.25, -0.2) is 0 Å². The van der Waals surface area contributed by atoms with Crippen LogP contribution >= 0.6 is 0 Å². The third-order valence-electron chi connectivity index (χ3n) is 2.95. The first-order valence-electron chi connectivity index (χ1n) is 5.87. The number of rotatable bonds is 4. The molecule has 0 aliphatic carbocycles. The van der Waals surface area contributed by atoms with E-state index in [2.05, 4.69) is 42.5 Å². The summed E-state index contributed by atoms with van der Waals surface area (Å²) in [6.07, 6.45) is 0.822. The molecule has 0 heterocycles. The topological polar surface area (TPSA) is 35.2 Å². The Kier molecular flexibility index (Phi) is 3.46. The summed E-state index contributed by atoms with van der Waals surface area (Å²) in [5, 5.41) is 2.54. The van der Waals surface area contributed by atoms with Crippen LogP contribution in [0.25, 0.3) is 10.8 Å². The number of nitrogens with two attached hydrogens (primary N) is 1. The van der Waals surface area contributed by atoms with Crippen molar-refractivity contribution in [2.75, 3.05) is 13.7 Å². The zero-order valence-electron chi connectivity index (χ0n) is 10.4. The first-order valence-corrected chi connectivity index (χ1v) is 5.87. The van der Waals surface area contributed by atoms with Crippen molar-refractivity contribution < 1.29 is 4.74 Å². The second-order valence-electron chi connectivity index (χ2n) is 4.90. The van der Waals surface area contributed by atoms with Crippen molar-refractivity contribution in [1.82, 2.24) is 0 Å². The van der Waals surface area contributed by atoms with E-state index in [1.165, 1.54) is 16.3 Å². The van der Waals surface area contributed by atoms with Gasteiger partial charge in [0.1, 0.15) is 0 Å². The number of hydrogen-bond donors (Lipinski definition) is 1. The van der Waals surface area contributed by atoms with Crippen molar-refractivity contribution >= 4 is 10.8 Å². The fourth-order valence-corrected chi connectivity index (χ4v) is 2.26. The summed E-state index contributed by atoms with van der Waals surface area (Å²) >= 11 is 0. The van der Waals surface area contributed by atoms with Gasteiger partial charge in [-0.1, -0.05) is 42.5 Å². The monoisotopic (exact) mass is 229 g/mol. The first-order chi connectivity index (χ1) is 8.12. The molecule has 0 aliphatic heterocycles. The molecule has 2 aromatic carbocycles. The quantitative estimate of drug-likeness (QED) is 0.875. The first kappa shape index (κ1) is 12.1. The minimum atomic E-state index is -0.321. The van der Waals surface area contributed by atoms with Gasteiger partial charge in [0.05, 0.1) is 6.61 Å². The van der Waals surface area contributed by atoms with Gasteiger partial charge in [0, 0.05) is 12.6 Å². The molecule has 2 heteroatoms. The molecular weight excluding hydrogens is 210 g/mol. The Morgan fingerprint density at radius 3 is 2.59 bits per heavy atom. The predicted octanol–water partition coefficient (Wildman–Crippen LogP) is 2.75. The Morgan fingerprint density at radius 2 is 1.82 bits per heavy atom. The zero-order valence-corrected chi connectivity index (χ0v) is 10.4. The molecule has 2 rings (SSSR count). The summed E-state index contributed by atoms with van der Waals surface area (Å²) in [5.74, 6) is 0. The molecule has 1 atom stereocenters. The molecule has 2 aromatic rings. The molecule has 1 unspecified atom stereocenters. The van der Waals surface area contributed by atoms with Gasteiger partial charge in [-0.05, 0) is 29.7 Å². The highest BCUT2D eigenvalue weighted by Gasteiger charge is 2.19. The molecule has 2 N–H and O–H groups in total. The summed E-state index contributed by atoms with van der Waals surface area (Å²) in [4.78, 5) is 0. The maximum Gasteiger partial charge on any atom is 0.0642 e. The zero-order chi connectivity index (χ0) is 12.3. The normalized spacial score (nSPS) is 14.8. The molecule has 0 amide bonds. The Hall–Kier alpha value is -1.38. The lowest BCUT2D eigenvalue weighted by Gasteiger charge is -2.24. The van der Waals surface area contributed by atoms with E-state index in [1.54, 1.807) is 7.11 Å². The molecule has 0 spiro atoms. The van der Waals surface area contributed by atoms with Crippen molar-refractivity contribution in [2.24, 2.45) is 5.73 Å². The fourth-order valence-electron chi connectivity index (χ4n) is 2.26. The van der Waals surface area contributed by atoms with Gasteiger partial charge in [0.2, 0.25) is 0 Å². The van der Waals surface area contributed by atoms with E-state index in [0.717, 1.165) is 6.42 Å². The van der Waals surface area contributed by atoms with Gasteiger partial charge in [-0.3, -0.25) is 0 Å². The molecule has 0 aliphatic rings. The molecule has 0 bridgehead atoms. The van der Waals surface area contributed by atoms with Crippen LogP contribution < -0.4 is 5.73 Å². The number of fused-ring (bicyclic) bond motifs is 1. The highest BCUT2D eigenvalue weighted by Crippen LogP contribution is 2.21. The van der Waals surface area contributed by atoms with Crippen LogP contribution in [0.3, 0.4) is 0 Å².